The predicted octanol–water partition coefficient (Wildman–Crippen LogP) is -2.18. The minimum Gasteiger partial charge on any atom is -0.387 e. The summed E-state index contributed by atoms with van der Waals surface area (Å²) in [5.41, 5.74) is 0. The molecule has 0 aromatic heterocycles. The van der Waals surface area contributed by atoms with Gasteiger partial charge < -0.3 is 24.8 Å². The predicted molar refractivity (Wildman–Crippen MR) is 32.6 cm³/mol. The van der Waals surface area contributed by atoms with E-state index in [1.807, 2.05) is 0 Å². The fourth-order valence-corrected chi connectivity index (χ4v) is 1.46. The molecule has 2 bridgehead atoms. The van der Waals surface area contributed by atoms with Crippen LogP contribution in [0.25, 0.3) is 0 Å². The molecule has 5 atom stereocenters. The summed E-state index contributed by atoms with van der Waals surface area (Å²) in [5.74, 6) is 0. The van der Waals surface area contributed by atoms with E-state index in [1.165, 1.54) is 0 Å². The molecule has 2 rings (SSSR count). The van der Waals surface area contributed by atoms with E-state index in [2.05, 4.69) is 0 Å². The Labute approximate surface area is 63.2 Å². The molecule has 64 valence electrons. The molecule has 0 saturated carbocycles. The molecule has 11 heavy (non-hydrogen) atoms. The Hall–Kier alpha value is -0.200. The first-order valence-electron chi connectivity index (χ1n) is 3.51. The highest BCUT2D eigenvalue weighted by Gasteiger charge is 2.49. The van der Waals surface area contributed by atoms with Gasteiger partial charge in [-0.2, -0.15) is 0 Å². The van der Waals surface area contributed by atoms with Gasteiger partial charge in [0.2, 0.25) is 0 Å². The zero-order chi connectivity index (χ0) is 8.01. The number of fused-ring (bicyclic) bond motifs is 2. The van der Waals surface area contributed by atoms with Gasteiger partial charge in [0, 0.05) is 0 Å². The number of hydrogen-bond donors (Lipinski definition) is 3. The molecule has 2 aliphatic rings. The first-order valence-corrected chi connectivity index (χ1v) is 3.51. The van der Waals surface area contributed by atoms with Gasteiger partial charge in [-0.3, -0.25) is 0 Å². The fourth-order valence-electron chi connectivity index (χ4n) is 1.46. The highest BCUT2D eigenvalue weighted by Crippen LogP contribution is 2.28. The van der Waals surface area contributed by atoms with Crippen LogP contribution in [0.4, 0.5) is 0 Å². The number of aliphatic hydroxyl groups is 3. The minimum atomic E-state index is -1.23. The van der Waals surface area contributed by atoms with Crippen LogP contribution in [0.15, 0.2) is 0 Å². The first kappa shape index (κ1) is 7.45. The molecule has 5 heteroatoms. The molecule has 2 heterocycles. The molecule has 0 spiro atoms. The fraction of sp³-hybridized carbons (Fsp3) is 1.00. The van der Waals surface area contributed by atoms with Crippen LogP contribution in [0.5, 0.6) is 0 Å². The van der Waals surface area contributed by atoms with Crippen molar-refractivity contribution in [1.29, 1.82) is 0 Å². The second-order valence-corrected chi connectivity index (χ2v) is 2.84. The monoisotopic (exact) mass is 162 g/mol. The average molecular weight is 162 g/mol. The number of aliphatic hydroxyl groups excluding tert-OH is 3. The molecular weight excluding hydrogens is 152 g/mol. The van der Waals surface area contributed by atoms with Gasteiger partial charge in [-0.1, -0.05) is 0 Å². The molecule has 2 saturated heterocycles. The molecule has 0 aromatic rings. The van der Waals surface area contributed by atoms with Crippen molar-refractivity contribution in [2.45, 2.75) is 30.7 Å². The second-order valence-electron chi connectivity index (χ2n) is 2.84. The molecule has 0 aromatic carbocycles. The summed E-state index contributed by atoms with van der Waals surface area (Å²) in [6, 6.07) is 0. The van der Waals surface area contributed by atoms with E-state index in [0.29, 0.717) is 0 Å². The first-order chi connectivity index (χ1) is 5.20. The van der Waals surface area contributed by atoms with Crippen LogP contribution in [0.2, 0.25) is 0 Å². The van der Waals surface area contributed by atoms with Crippen molar-refractivity contribution in [3.8, 4) is 0 Å². The van der Waals surface area contributed by atoms with Crippen LogP contribution < -0.4 is 0 Å². The van der Waals surface area contributed by atoms with Gasteiger partial charge in [0.05, 0.1) is 6.61 Å². The number of hydrogen-bond acceptors (Lipinski definition) is 5. The Morgan fingerprint density at radius 3 is 2.55 bits per heavy atom. The van der Waals surface area contributed by atoms with E-state index < -0.39 is 30.7 Å². The van der Waals surface area contributed by atoms with E-state index in [4.69, 9.17) is 14.6 Å². The molecule has 3 N–H and O–H groups in total. The SMILES string of the molecule is O[C@@H]1[C@H]2OC[C@@H](O[C@@H]1O)[C@@H]2O. The third-order valence-corrected chi connectivity index (χ3v) is 2.11. The minimum absolute atomic E-state index is 0.236. The maximum absolute atomic E-state index is 9.28. The van der Waals surface area contributed by atoms with Crippen molar-refractivity contribution in [1.82, 2.24) is 0 Å². The van der Waals surface area contributed by atoms with Crippen LogP contribution >= 0.6 is 0 Å². The maximum atomic E-state index is 9.28. The summed E-state index contributed by atoms with van der Waals surface area (Å²) in [6.07, 6.45) is -4.35. The highest BCUT2D eigenvalue weighted by atomic mass is 16.7. The van der Waals surface area contributed by atoms with Crippen LogP contribution in [0.3, 0.4) is 0 Å². The summed E-state index contributed by atoms with van der Waals surface area (Å²) in [5, 5.41) is 27.5. The zero-order valence-corrected chi connectivity index (χ0v) is 5.75. The Bertz CT molecular complexity index is 161. The van der Waals surface area contributed by atoms with Crippen molar-refractivity contribution < 1.29 is 24.8 Å². The molecule has 0 aliphatic carbocycles. The Morgan fingerprint density at radius 1 is 1.09 bits per heavy atom. The van der Waals surface area contributed by atoms with Crippen molar-refractivity contribution >= 4 is 0 Å². The van der Waals surface area contributed by atoms with Gasteiger partial charge in [-0.25, -0.2) is 0 Å². The smallest absolute Gasteiger partial charge is 0.184 e. The topological polar surface area (TPSA) is 79.2 Å². The van der Waals surface area contributed by atoms with Crippen LogP contribution in [-0.2, 0) is 9.47 Å². The largest absolute Gasteiger partial charge is 0.387 e. The van der Waals surface area contributed by atoms with Gasteiger partial charge >= 0.3 is 0 Å². The van der Waals surface area contributed by atoms with E-state index >= 15 is 0 Å². The van der Waals surface area contributed by atoms with Crippen molar-refractivity contribution in [2.75, 3.05) is 6.61 Å². The Balaban J connectivity index is 2.16. The van der Waals surface area contributed by atoms with Gasteiger partial charge in [-0.15, -0.1) is 0 Å². The lowest BCUT2D eigenvalue weighted by molar-refractivity contribution is -0.242. The molecule has 2 fully saturated rings. The lowest BCUT2D eigenvalue weighted by Crippen LogP contribution is -2.52. The average Bonchev–Trinajstić information content (AvgIpc) is 2.23. The lowest BCUT2D eigenvalue weighted by atomic mass is 10.0. The number of rotatable bonds is 0. The molecule has 2 aliphatic heterocycles. The quantitative estimate of drug-likeness (QED) is 0.377. The summed E-state index contributed by atoms with van der Waals surface area (Å²) < 4.78 is 9.82. The summed E-state index contributed by atoms with van der Waals surface area (Å²) in [4.78, 5) is 0. The molecular formula is C6H10O5. The molecule has 5 nitrogen and oxygen atoms in total. The molecule has 0 radical (unpaired) electrons. The third kappa shape index (κ3) is 0.969. The summed E-state index contributed by atoms with van der Waals surface area (Å²) in [7, 11) is 0. The maximum Gasteiger partial charge on any atom is 0.184 e. The van der Waals surface area contributed by atoms with E-state index in [-0.39, 0.29) is 6.61 Å². The summed E-state index contributed by atoms with van der Waals surface area (Å²) >= 11 is 0. The van der Waals surface area contributed by atoms with Gasteiger partial charge in [0.15, 0.2) is 6.29 Å². The normalized spacial score (nSPS) is 56.5. The van der Waals surface area contributed by atoms with Crippen molar-refractivity contribution in [2.24, 2.45) is 0 Å². The third-order valence-electron chi connectivity index (χ3n) is 2.11. The second kappa shape index (κ2) is 2.40. The Kier molecular flexibility index (Phi) is 1.62. The summed E-state index contributed by atoms with van der Waals surface area (Å²) in [6.45, 7) is 0.236. The van der Waals surface area contributed by atoms with Gasteiger partial charge in [0.1, 0.15) is 24.4 Å². The van der Waals surface area contributed by atoms with E-state index in [0.717, 1.165) is 0 Å². The molecule has 0 unspecified atom stereocenters. The number of ether oxygens (including phenoxy) is 2. The Morgan fingerprint density at radius 2 is 1.82 bits per heavy atom. The van der Waals surface area contributed by atoms with E-state index in [9.17, 15) is 10.2 Å². The molecule has 0 amide bonds. The highest BCUT2D eigenvalue weighted by molar-refractivity contribution is 4.94. The van der Waals surface area contributed by atoms with Crippen LogP contribution in [0.1, 0.15) is 0 Å². The lowest BCUT2D eigenvalue weighted by Gasteiger charge is -2.31. The van der Waals surface area contributed by atoms with Gasteiger partial charge in [0.25, 0.3) is 0 Å². The standard InChI is InChI=1S/C6H10O5/c7-3-2-1-10-5(3)4(8)6(9)11-2/h2-9H,1H2/t2-,3+,4-,5+,6+/m1/s1. The van der Waals surface area contributed by atoms with Crippen molar-refractivity contribution in [3.63, 3.8) is 0 Å². The van der Waals surface area contributed by atoms with Gasteiger partial charge in [-0.05, 0) is 0 Å². The zero-order valence-electron chi connectivity index (χ0n) is 5.75. The van der Waals surface area contributed by atoms with Crippen LogP contribution in [0, 0.1) is 0 Å². The van der Waals surface area contributed by atoms with Crippen molar-refractivity contribution in [3.05, 3.63) is 0 Å². The van der Waals surface area contributed by atoms with Crippen LogP contribution in [-0.4, -0.2) is 52.6 Å². The van der Waals surface area contributed by atoms with E-state index in [1.54, 1.807) is 0 Å².